The van der Waals surface area contributed by atoms with Gasteiger partial charge in [0.05, 0.1) is 16.7 Å². The topological polar surface area (TPSA) is 94.8 Å². The lowest BCUT2D eigenvalue weighted by atomic mass is 10.1. The molecule has 0 saturated heterocycles. The first-order valence-corrected chi connectivity index (χ1v) is 9.39. The van der Waals surface area contributed by atoms with Crippen LogP contribution in [0.4, 0.5) is 10.5 Å². The van der Waals surface area contributed by atoms with Crippen molar-refractivity contribution >= 4 is 11.8 Å². The van der Waals surface area contributed by atoms with Crippen LogP contribution in [0.25, 0.3) is 11.1 Å². The third-order valence-corrected chi connectivity index (χ3v) is 4.84. The number of carbonyl (C=O) groups is 1. The number of amides is 1. The zero-order valence-electron chi connectivity index (χ0n) is 17.0. The molecule has 0 atom stereocenters. The largest absolute Gasteiger partial charge is 0.490 e. The highest BCUT2D eigenvalue weighted by Crippen LogP contribution is 2.42. The second-order valence-corrected chi connectivity index (χ2v) is 8.27. The zero-order chi connectivity index (χ0) is 21.2. The second-order valence-electron chi connectivity index (χ2n) is 8.27. The third kappa shape index (κ3) is 5.01. The molecule has 0 bridgehead atoms. The van der Waals surface area contributed by atoms with Gasteiger partial charge in [-0.15, -0.1) is 0 Å². The molecule has 1 saturated carbocycles. The number of aromatic nitrogens is 1. The Bertz CT molecular complexity index is 901. The Labute approximate surface area is 169 Å². The molecule has 0 unspecified atom stereocenters. The molecule has 0 radical (unpaired) electrons. The van der Waals surface area contributed by atoms with E-state index in [1.807, 2.05) is 26.8 Å². The monoisotopic (exact) mass is 399 g/mol. The molecule has 1 aliphatic rings. The average Bonchev–Trinajstić information content (AvgIpc) is 3.46. The summed E-state index contributed by atoms with van der Waals surface area (Å²) in [6.45, 7) is 5.85. The van der Waals surface area contributed by atoms with Gasteiger partial charge >= 0.3 is 6.09 Å². The SMILES string of the molecule is CN(C(=O)OC(C)(C)C)C1(COc2cncc(-c3ccc([N+](=O)[O-])cc3)c2)CC1. The molecule has 2 aromatic rings. The van der Waals surface area contributed by atoms with Gasteiger partial charge in [0, 0.05) is 30.9 Å². The van der Waals surface area contributed by atoms with Gasteiger partial charge in [-0.05, 0) is 57.4 Å². The lowest BCUT2D eigenvalue weighted by Crippen LogP contribution is -2.45. The Hall–Kier alpha value is -3.16. The van der Waals surface area contributed by atoms with Gasteiger partial charge in [-0.25, -0.2) is 4.79 Å². The molecule has 3 rings (SSSR count). The summed E-state index contributed by atoms with van der Waals surface area (Å²) in [5.74, 6) is 0.574. The maximum Gasteiger partial charge on any atom is 0.410 e. The van der Waals surface area contributed by atoms with Gasteiger partial charge in [0.25, 0.3) is 5.69 Å². The van der Waals surface area contributed by atoms with Crippen LogP contribution in [0.15, 0.2) is 42.7 Å². The quantitative estimate of drug-likeness (QED) is 0.527. The predicted molar refractivity (Wildman–Crippen MR) is 108 cm³/mol. The lowest BCUT2D eigenvalue weighted by Gasteiger charge is -2.30. The molecule has 0 aliphatic heterocycles. The smallest absolute Gasteiger partial charge is 0.410 e. The van der Waals surface area contributed by atoms with Crippen molar-refractivity contribution in [3.63, 3.8) is 0 Å². The zero-order valence-corrected chi connectivity index (χ0v) is 17.0. The number of hydrogen-bond donors (Lipinski definition) is 0. The van der Waals surface area contributed by atoms with Gasteiger partial charge in [-0.2, -0.15) is 0 Å². The van der Waals surface area contributed by atoms with Crippen molar-refractivity contribution in [2.75, 3.05) is 13.7 Å². The summed E-state index contributed by atoms with van der Waals surface area (Å²) >= 11 is 0. The van der Waals surface area contributed by atoms with Crippen LogP contribution >= 0.6 is 0 Å². The van der Waals surface area contributed by atoms with Crippen LogP contribution in [0.3, 0.4) is 0 Å². The van der Waals surface area contributed by atoms with Gasteiger partial charge in [0.15, 0.2) is 0 Å². The van der Waals surface area contributed by atoms with E-state index in [2.05, 4.69) is 4.98 Å². The summed E-state index contributed by atoms with van der Waals surface area (Å²) in [4.78, 5) is 28.6. The number of rotatable bonds is 6. The Kier molecular flexibility index (Phi) is 5.46. The van der Waals surface area contributed by atoms with E-state index in [1.54, 1.807) is 36.5 Å². The number of nitro groups is 1. The highest BCUT2D eigenvalue weighted by Gasteiger charge is 2.50. The molecule has 154 valence electrons. The lowest BCUT2D eigenvalue weighted by molar-refractivity contribution is -0.384. The molecule has 8 nitrogen and oxygen atoms in total. The first-order valence-electron chi connectivity index (χ1n) is 9.39. The third-order valence-electron chi connectivity index (χ3n) is 4.84. The Morgan fingerprint density at radius 2 is 1.86 bits per heavy atom. The molecule has 1 aliphatic carbocycles. The molecular formula is C21H25N3O5. The Morgan fingerprint density at radius 1 is 1.21 bits per heavy atom. The maximum atomic E-state index is 12.4. The molecular weight excluding hydrogens is 374 g/mol. The molecule has 1 aromatic carbocycles. The predicted octanol–water partition coefficient (Wildman–Crippen LogP) is 4.44. The van der Waals surface area contributed by atoms with Crippen molar-refractivity contribution in [2.24, 2.45) is 0 Å². The van der Waals surface area contributed by atoms with Crippen LogP contribution in [0.2, 0.25) is 0 Å². The summed E-state index contributed by atoms with van der Waals surface area (Å²) in [6.07, 6.45) is 4.61. The minimum Gasteiger partial charge on any atom is -0.490 e. The van der Waals surface area contributed by atoms with E-state index >= 15 is 0 Å². The van der Waals surface area contributed by atoms with Crippen molar-refractivity contribution in [3.05, 3.63) is 52.8 Å². The number of nitro benzene ring substituents is 1. The fourth-order valence-corrected chi connectivity index (χ4v) is 2.89. The molecule has 1 fully saturated rings. The van der Waals surface area contributed by atoms with Crippen LogP contribution in [-0.2, 0) is 4.74 Å². The fraction of sp³-hybridized carbons (Fsp3) is 0.429. The van der Waals surface area contributed by atoms with Crippen LogP contribution in [0, 0.1) is 10.1 Å². The molecule has 1 aromatic heterocycles. The summed E-state index contributed by atoms with van der Waals surface area (Å²) < 4.78 is 11.4. The van der Waals surface area contributed by atoms with Crippen LogP contribution in [-0.4, -0.2) is 45.7 Å². The van der Waals surface area contributed by atoms with Crippen molar-refractivity contribution < 1.29 is 19.2 Å². The molecule has 8 heteroatoms. The van der Waals surface area contributed by atoms with Crippen molar-refractivity contribution in [3.8, 4) is 16.9 Å². The van der Waals surface area contributed by atoms with Gasteiger partial charge in [-0.1, -0.05) is 0 Å². The number of nitrogens with zero attached hydrogens (tertiary/aromatic N) is 3. The summed E-state index contributed by atoms with van der Waals surface area (Å²) in [7, 11) is 1.73. The first kappa shape index (κ1) is 20.6. The van der Waals surface area contributed by atoms with Gasteiger partial charge in [0.2, 0.25) is 0 Å². The van der Waals surface area contributed by atoms with E-state index in [9.17, 15) is 14.9 Å². The molecule has 0 N–H and O–H groups in total. The van der Waals surface area contributed by atoms with E-state index < -0.39 is 10.5 Å². The van der Waals surface area contributed by atoms with E-state index in [4.69, 9.17) is 9.47 Å². The maximum absolute atomic E-state index is 12.4. The van der Waals surface area contributed by atoms with Crippen LogP contribution < -0.4 is 4.74 Å². The number of pyridine rings is 1. The van der Waals surface area contributed by atoms with Gasteiger partial charge in [0.1, 0.15) is 18.0 Å². The minimum absolute atomic E-state index is 0.0370. The summed E-state index contributed by atoms with van der Waals surface area (Å²) in [5.41, 5.74) is 0.718. The van der Waals surface area contributed by atoms with E-state index in [0.29, 0.717) is 12.4 Å². The molecule has 1 heterocycles. The summed E-state index contributed by atoms with van der Waals surface area (Å²) in [6, 6.07) is 8.10. The number of benzene rings is 1. The number of non-ortho nitro benzene ring substituents is 1. The molecule has 29 heavy (non-hydrogen) atoms. The highest BCUT2D eigenvalue weighted by molar-refractivity contribution is 5.69. The fourth-order valence-electron chi connectivity index (χ4n) is 2.89. The highest BCUT2D eigenvalue weighted by atomic mass is 16.6. The molecule has 1 amide bonds. The van der Waals surface area contributed by atoms with E-state index in [0.717, 1.165) is 24.0 Å². The Morgan fingerprint density at radius 3 is 2.41 bits per heavy atom. The second kappa shape index (κ2) is 7.69. The number of hydrogen-bond acceptors (Lipinski definition) is 6. The molecule has 0 spiro atoms. The number of likely N-dealkylation sites (N-methyl/N-ethyl adjacent to an activating group) is 1. The van der Waals surface area contributed by atoms with Crippen molar-refractivity contribution in [1.82, 2.24) is 9.88 Å². The van der Waals surface area contributed by atoms with E-state index in [1.165, 1.54) is 12.1 Å². The van der Waals surface area contributed by atoms with Crippen molar-refractivity contribution in [2.45, 2.75) is 44.8 Å². The van der Waals surface area contributed by atoms with Crippen LogP contribution in [0.5, 0.6) is 5.75 Å². The number of ether oxygens (including phenoxy) is 2. The Balaban J connectivity index is 1.66. The summed E-state index contributed by atoms with van der Waals surface area (Å²) in [5, 5.41) is 10.8. The van der Waals surface area contributed by atoms with Crippen molar-refractivity contribution in [1.29, 1.82) is 0 Å². The number of carbonyl (C=O) groups excluding carboxylic acids is 1. The van der Waals surface area contributed by atoms with Crippen LogP contribution in [0.1, 0.15) is 33.6 Å². The van der Waals surface area contributed by atoms with Gasteiger partial charge in [-0.3, -0.25) is 15.1 Å². The van der Waals surface area contributed by atoms with Gasteiger partial charge < -0.3 is 14.4 Å². The standard InChI is InChI=1S/C21H25N3O5/c1-20(2,3)29-19(25)23(4)21(9-10-21)14-28-18-11-16(12-22-13-18)15-5-7-17(8-6-15)24(26)27/h5-8,11-13H,9-10,14H2,1-4H3. The first-order chi connectivity index (χ1) is 13.6. The average molecular weight is 399 g/mol. The van der Waals surface area contributed by atoms with E-state index in [-0.39, 0.29) is 17.3 Å². The minimum atomic E-state index is -0.550. The normalized spacial score (nSPS) is 14.8.